The van der Waals surface area contributed by atoms with Gasteiger partial charge in [-0.1, -0.05) is 25.1 Å². The van der Waals surface area contributed by atoms with Crippen molar-refractivity contribution in [2.24, 2.45) is 0 Å². The molecule has 0 saturated carbocycles. The van der Waals surface area contributed by atoms with Gasteiger partial charge in [0.1, 0.15) is 0 Å². The number of rotatable bonds is 7. The molecular formula is C16H24N2OS. The number of thioether (sulfide) groups is 1. The number of carbonyl (C=O) groups is 1. The summed E-state index contributed by atoms with van der Waals surface area (Å²) in [5.41, 5.74) is 1.45. The van der Waals surface area contributed by atoms with Gasteiger partial charge in [0.05, 0.1) is 0 Å². The molecule has 0 aliphatic carbocycles. The average Bonchev–Trinajstić information content (AvgIpc) is 2.87. The van der Waals surface area contributed by atoms with Crippen molar-refractivity contribution in [3.63, 3.8) is 0 Å². The Labute approximate surface area is 125 Å². The minimum atomic E-state index is 0.146. The highest BCUT2D eigenvalue weighted by Crippen LogP contribution is 2.38. The fourth-order valence-corrected chi connectivity index (χ4v) is 3.58. The number of fused-ring (bicyclic) bond motifs is 1. The van der Waals surface area contributed by atoms with Crippen LogP contribution in [0.1, 0.15) is 38.2 Å². The molecule has 0 bridgehead atoms. The molecule has 3 nitrogen and oxygen atoms in total. The molecule has 0 radical (unpaired) electrons. The van der Waals surface area contributed by atoms with Crippen LogP contribution in [0, 0.1) is 0 Å². The van der Waals surface area contributed by atoms with Crippen molar-refractivity contribution in [3.8, 4) is 0 Å². The lowest BCUT2D eigenvalue weighted by Gasteiger charge is -2.13. The van der Waals surface area contributed by atoms with E-state index in [1.807, 2.05) is 18.7 Å². The third kappa shape index (κ3) is 4.25. The maximum absolute atomic E-state index is 11.7. The zero-order valence-electron chi connectivity index (χ0n) is 12.3. The Bertz CT molecular complexity index is 450. The predicted octanol–water partition coefficient (Wildman–Crippen LogP) is 2.77. The van der Waals surface area contributed by atoms with Crippen LogP contribution in [0.5, 0.6) is 0 Å². The molecule has 1 heterocycles. The van der Waals surface area contributed by atoms with Crippen molar-refractivity contribution >= 4 is 17.7 Å². The van der Waals surface area contributed by atoms with E-state index in [2.05, 4.69) is 41.8 Å². The van der Waals surface area contributed by atoms with E-state index in [0.29, 0.717) is 12.3 Å². The Hall–Kier alpha value is -1.00. The summed E-state index contributed by atoms with van der Waals surface area (Å²) in [5.74, 6) is 1.87. The summed E-state index contributed by atoms with van der Waals surface area (Å²) < 4.78 is 0. The first kappa shape index (κ1) is 15.4. The molecule has 110 valence electrons. The number of carbonyl (C=O) groups excluding carboxylic acids is 1. The molecule has 0 fully saturated rings. The standard InChI is InChI=1S/C16H24N2OS/c1-3-12(2)18-16(19)8-9-17-10-13-11-20-15-7-5-4-6-14(13)15/h4-7,12-13,17H,3,8-11H2,1-2H3,(H,18,19). The summed E-state index contributed by atoms with van der Waals surface area (Å²) in [7, 11) is 0. The Morgan fingerprint density at radius 2 is 2.25 bits per heavy atom. The molecule has 0 spiro atoms. The summed E-state index contributed by atoms with van der Waals surface area (Å²) in [4.78, 5) is 13.1. The lowest BCUT2D eigenvalue weighted by atomic mass is 10.0. The highest BCUT2D eigenvalue weighted by atomic mass is 32.2. The zero-order valence-corrected chi connectivity index (χ0v) is 13.1. The van der Waals surface area contributed by atoms with Crippen LogP contribution in [-0.2, 0) is 4.79 Å². The maximum atomic E-state index is 11.7. The lowest BCUT2D eigenvalue weighted by molar-refractivity contribution is -0.121. The highest BCUT2D eigenvalue weighted by Gasteiger charge is 2.21. The fraction of sp³-hybridized carbons (Fsp3) is 0.562. The number of benzene rings is 1. The van der Waals surface area contributed by atoms with Gasteiger partial charge in [-0.2, -0.15) is 0 Å². The van der Waals surface area contributed by atoms with Gasteiger partial charge >= 0.3 is 0 Å². The minimum Gasteiger partial charge on any atom is -0.354 e. The van der Waals surface area contributed by atoms with Crippen LogP contribution in [0.4, 0.5) is 0 Å². The molecule has 4 heteroatoms. The van der Waals surface area contributed by atoms with Gasteiger partial charge in [0.2, 0.25) is 5.91 Å². The summed E-state index contributed by atoms with van der Waals surface area (Å²) in [6.45, 7) is 5.84. The van der Waals surface area contributed by atoms with Gasteiger partial charge in [0.15, 0.2) is 0 Å². The third-order valence-electron chi connectivity index (χ3n) is 3.74. The molecular weight excluding hydrogens is 268 g/mol. The normalized spacial score (nSPS) is 18.6. The average molecular weight is 292 g/mol. The van der Waals surface area contributed by atoms with Gasteiger partial charge < -0.3 is 10.6 Å². The Balaban J connectivity index is 1.66. The molecule has 0 saturated heterocycles. The highest BCUT2D eigenvalue weighted by molar-refractivity contribution is 7.99. The quantitative estimate of drug-likeness (QED) is 0.759. The van der Waals surface area contributed by atoms with Gasteiger partial charge in [0.25, 0.3) is 0 Å². The Morgan fingerprint density at radius 3 is 3.05 bits per heavy atom. The first-order chi connectivity index (χ1) is 9.70. The molecule has 1 aliphatic rings. The van der Waals surface area contributed by atoms with Gasteiger partial charge in [-0.25, -0.2) is 0 Å². The van der Waals surface area contributed by atoms with Crippen LogP contribution < -0.4 is 10.6 Å². The minimum absolute atomic E-state index is 0.146. The van der Waals surface area contributed by atoms with Crippen molar-refractivity contribution in [1.82, 2.24) is 10.6 Å². The van der Waals surface area contributed by atoms with Crippen molar-refractivity contribution in [1.29, 1.82) is 0 Å². The van der Waals surface area contributed by atoms with E-state index >= 15 is 0 Å². The van der Waals surface area contributed by atoms with Gasteiger partial charge in [-0.3, -0.25) is 4.79 Å². The summed E-state index contributed by atoms with van der Waals surface area (Å²) in [6, 6.07) is 8.90. The van der Waals surface area contributed by atoms with Crippen LogP contribution in [0.3, 0.4) is 0 Å². The fourth-order valence-electron chi connectivity index (χ4n) is 2.33. The molecule has 1 aromatic carbocycles. The molecule has 2 rings (SSSR count). The largest absolute Gasteiger partial charge is 0.354 e. The molecule has 2 atom stereocenters. The second-order valence-electron chi connectivity index (χ2n) is 5.38. The second-order valence-corrected chi connectivity index (χ2v) is 6.44. The first-order valence-corrected chi connectivity index (χ1v) is 8.41. The molecule has 2 N–H and O–H groups in total. The maximum Gasteiger partial charge on any atom is 0.221 e. The topological polar surface area (TPSA) is 41.1 Å². The predicted molar refractivity (Wildman–Crippen MR) is 85.3 cm³/mol. The Kier molecular flexibility index (Phi) is 5.92. The molecule has 1 amide bonds. The van der Waals surface area contributed by atoms with E-state index in [1.165, 1.54) is 10.5 Å². The zero-order chi connectivity index (χ0) is 14.4. The van der Waals surface area contributed by atoms with Gasteiger partial charge in [-0.15, -0.1) is 11.8 Å². The van der Waals surface area contributed by atoms with Crippen molar-refractivity contribution in [2.45, 2.75) is 43.5 Å². The molecule has 20 heavy (non-hydrogen) atoms. The molecule has 0 aromatic heterocycles. The van der Waals surface area contributed by atoms with E-state index in [1.54, 1.807) is 0 Å². The SMILES string of the molecule is CCC(C)NC(=O)CCNCC1CSc2ccccc21. The van der Waals surface area contributed by atoms with Crippen LogP contribution in [-0.4, -0.2) is 30.8 Å². The van der Waals surface area contributed by atoms with Crippen molar-refractivity contribution < 1.29 is 4.79 Å². The van der Waals surface area contributed by atoms with E-state index in [4.69, 9.17) is 0 Å². The monoisotopic (exact) mass is 292 g/mol. The van der Waals surface area contributed by atoms with Crippen molar-refractivity contribution in [2.75, 3.05) is 18.8 Å². The van der Waals surface area contributed by atoms with Crippen LogP contribution >= 0.6 is 11.8 Å². The van der Waals surface area contributed by atoms with E-state index in [0.717, 1.165) is 25.3 Å². The molecule has 1 aromatic rings. The first-order valence-electron chi connectivity index (χ1n) is 7.42. The summed E-state index contributed by atoms with van der Waals surface area (Å²) >= 11 is 1.93. The van der Waals surface area contributed by atoms with Gasteiger partial charge in [-0.05, 0) is 25.0 Å². The smallest absolute Gasteiger partial charge is 0.221 e. The number of hydrogen-bond acceptors (Lipinski definition) is 3. The van der Waals surface area contributed by atoms with E-state index < -0.39 is 0 Å². The van der Waals surface area contributed by atoms with E-state index in [9.17, 15) is 4.79 Å². The molecule has 2 unspecified atom stereocenters. The second kappa shape index (κ2) is 7.70. The lowest BCUT2D eigenvalue weighted by Crippen LogP contribution is -2.34. The Morgan fingerprint density at radius 1 is 1.45 bits per heavy atom. The number of nitrogens with one attached hydrogen (secondary N) is 2. The van der Waals surface area contributed by atoms with Crippen molar-refractivity contribution in [3.05, 3.63) is 29.8 Å². The van der Waals surface area contributed by atoms with E-state index in [-0.39, 0.29) is 11.9 Å². The molecule has 1 aliphatic heterocycles. The summed E-state index contributed by atoms with van der Waals surface area (Å²) in [5, 5.41) is 6.41. The van der Waals surface area contributed by atoms with Gasteiger partial charge in [0, 0.05) is 42.1 Å². The third-order valence-corrected chi connectivity index (χ3v) is 4.99. The summed E-state index contributed by atoms with van der Waals surface area (Å²) in [6.07, 6.45) is 1.54. The van der Waals surface area contributed by atoms with Crippen LogP contribution in [0.15, 0.2) is 29.2 Å². The van der Waals surface area contributed by atoms with Crippen LogP contribution in [0.25, 0.3) is 0 Å². The number of hydrogen-bond donors (Lipinski definition) is 2. The van der Waals surface area contributed by atoms with Crippen LogP contribution in [0.2, 0.25) is 0 Å². The number of amides is 1.